The van der Waals surface area contributed by atoms with Gasteiger partial charge in [-0.15, -0.1) is 0 Å². The summed E-state index contributed by atoms with van der Waals surface area (Å²) in [5.41, 5.74) is 0.569. The first kappa shape index (κ1) is 12.9. The second-order valence-corrected chi connectivity index (χ2v) is 5.78. The Kier molecular flexibility index (Phi) is 3.50. The monoisotopic (exact) mass is 282 g/mol. The molecule has 1 saturated heterocycles. The Hall–Kier alpha value is -1.07. The third-order valence-corrected chi connectivity index (χ3v) is 4.21. The minimum Gasteiger partial charge on any atom is -0.360 e. The summed E-state index contributed by atoms with van der Waals surface area (Å²) < 4.78 is 1.58. The molecule has 1 aliphatic carbocycles. The number of likely N-dealkylation sites (N-methyl/N-ethyl adjacent to an activating group) is 1. The Balaban J connectivity index is 1.94. The minimum absolute atomic E-state index is 0.0480. The van der Waals surface area contributed by atoms with Gasteiger partial charge in [0.25, 0.3) is 5.56 Å². The van der Waals surface area contributed by atoms with Gasteiger partial charge in [0.15, 0.2) is 0 Å². The summed E-state index contributed by atoms with van der Waals surface area (Å²) >= 11 is 6.21. The fourth-order valence-corrected chi connectivity index (χ4v) is 2.72. The molecule has 0 radical (unpaired) electrons. The van der Waals surface area contributed by atoms with Crippen LogP contribution in [0.2, 0.25) is 5.02 Å². The zero-order valence-corrected chi connectivity index (χ0v) is 11.9. The van der Waals surface area contributed by atoms with Gasteiger partial charge in [-0.3, -0.25) is 4.79 Å². The maximum Gasteiger partial charge on any atom is 0.291 e. The topological polar surface area (TPSA) is 50.2 Å². The van der Waals surface area contributed by atoms with Crippen LogP contribution in [0.25, 0.3) is 0 Å². The van der Waals surface area contributed by atoms with Crippen LogP contribution >= 0.6 is 11.6 Å². The summed E-state index contributed by atoms with van der Waals surface area (Å²) in [5, 5.41) is 7.86. The lowest BCUT2D eigenvalue weighted by atomic mass is 10.1. The summed E-state index contributed by atoms with van der Waals surface area (Å²) in [7, 11) is 0. The first-order valence-electron chi connectivity index (χ1n) is 6.93. The summed E-state index contributed by atoms with van der Waals surface area (Å²) in [4.78, 5) is 14.7. The molecule has 5 nitrogen and oxygen atoms in total. The molecular weight excluding hydrogens is 264 g/mol. The largest absolute Gasteiger partial charge is 0.360 e. The Morgan fingerprint density at radius 2 is 2.26 bits per heavy atom. The van der Waals surface area contributed by atoms with E-state index in [4.69, 9.17) is 11.6 Å². The van der Waals surface area contributed by atoms with E-state index in [2.05, 4.69) is 22.2 Å². The Morgan fingerprint density at radius 3 is 2.79 bits per heavy atom. The molecule has 2 heterocycles. The van der Waals surface area contributed by atoms with Gasteiger partial charge in [0.2, 0.25) is 0 Å². The zero-order chi connectivity index (χ0) is 13.4. The molecule has 0 bridgehead atoms. The SMILES string of the molecule is CCN(c1c(Cl)cnn(CC2CC2)c1=O)C1CNC1. The molecule has 3 rings (SSSR count). The standard InChI is InChI=1S/C13H19ClN4O/c1-2-17(10-5-15-6-10)12-11(14)7-16-18(13(12)19)8-9-3-4-9/h7,9-10,15H,2-6,8H2,1H3. The molecule has 0 unspecified atom stereocenters. The predicted molar refractivity (Wildman–Crippen MR) is 75.9 cm³/mol. The highest BCUT2D eigenvalue weighted by Crippen LogP contribution is 2.30. The molecule has 1 aromatic heterocycles. The van der Waals surface area contributed by atoms with E-state index in [0.29, 0.717) is 22.7 Å². The van der Waals surface area contributed by atoms with Crippen LogP contribution in [0.3, 0.4) is 0 Å². The van der Waals surface area contributed by atoms with Gasteiger partial charge in [0.1, 0.15) is 5.69 Å². The van der Waals surface area contributed by atoms with Gasteiger partial charge in [-0.1, -0.05) is 11.6 Å². The highest BCUT2D eigenvalue weighted by Gasteiger charge is 2.29. The van der Waals surface area contributed by atoms with E-state index in [-0.39, 0.29) is 5.56 Å². The van der Waals surface area contributed by atoms with E-state index in [1.807, 2.05) is 0 Å². The lowest BCUT2D eigenvalue weighted by Gasteiger charge is -2.39. The number of hydrogen-bond acceptors (Lipinski definition) is 4. The number of nitrogens with one attached hydrogen (secondary N) is 1. The highest BCUT2D eigenvalue weighted by atomic mass is 35.5. The Bertz CT molecular complexity index is 522. The molecule has 1 aromatic rings. The molecule has 1 N–H and O–H groups in total. The number of nitrogens with zero attached hydrogens (tertiary/aromatic N) is 3. The van der Waals surface area contributed by atoms with Crippen LogP contribution in [-0.2, 0) is 6.54 Å². The second kappa shape index (κ2) is 5.13. The molecule has 0 amide bonds. The van der Waals surface area contributed by atoms with Crippen molar-refractivity contribution >= 4 is 17.3 Å². The molecule has 0 aromatic carbocycles. The van der Waals surface area contributed by atoms with Gasteiger partial charge in [-0.2, -0.15) is 5.10 Å². The third kappa shape index (κ3) is 2.49. The molecule has 2 fully saturated rings. The number of aromatic nitrogens is 2. The lowest BCUT2D eigenvalue weighted by Crippen LogP contribution is -2.58. The molecule has 19 heavy (non-hydrogen) atoms. The van der Waals surface area contributed by atoms with Crippen molar-refractivity contribution in [3.8, 4) is 0 Å². The molecule has 6 heteroatoms. The van der Waals surface area contributed by atoms with Crippen molar-refractivity contribution in [2.75, 3.05) is 24.5 Å². The number of rotatable bonds is 5. The molecular formula is C13H19ClN4O. The fourth-order valence-electron chi connectivity index (χ4n) is 2.49. The van der Waals surface area contributed by atoms with Crippen LogP contribution in [0.15, 0.2) is 11.0 Å². The van der Waals surface area contributed by atoms with E-state index in [1.165, 1.54) is 12.8 Å². The molecule has 0 spiro atoms. The van der Waals surface area contributed by atoms with Gasteiger partial charge < -0.3 is 10.2 Å². The van der Waals surface area contributed by atoms with Crippen LogP contribution in [0, 0.1) is 5.92 Å². The van der Waals surface area contributed by atoms with Crippen molar-refractivity contribution in [2.24, 2.45) is 5.92 Å². The maximum atomic E-state index is 12.6. The van der Waals surface area contributed by atoms with Crippen molar-refractivity contribution < 1.29 is 0 Å². The number of hydrogen-bond donors (Lipinski definition) is 1. The van der Waals surface area contributed by atoms with E-state index in [1.54, 1.807) is 10.9 Å². The van der Waals surface area contributed by atoms with Crippen LogP contribution in [0.5, 0.6) is 0 Å². The first-order chi connectivity index (χ1) is 9.20. The molecule has 1 saturated carbocycles. The van der Waals surface area contributed by atoms with Crippen molar-refractivity contribution in [1.82, 2.24) is 15.1 Å². The lowest BCUT2D eigenvalue weighted by molar-refractivity contribution is 0.414. The van der Waals surface area contributed by atoms with Gasteiger partial charge >= 0.3 is 0 Å². The van der Waals surface area contributed by atoms with Crippen LogP contribution < -0.4 is 15.8 Å². The Morgan fingerprint density at radius 1 is 1.53 bits per heavy atom. The molecule has 0 atom stereocenters. The minimum atomic E-state index is -0.0480. The van der Waals surface area contributed by atoms with Crippen LogP contribution in [-0.4, -0.2) is 35.5 Å². The smallest absolute Gasteiger partial charge is 0.291 e. The van der Waals surface area contributed by atoms with Crippen LogP contribution in [0.4, 0.5) is 5.69 Å². The molecule has 104 valence electrons. The van der Waals surface area contributed by atoms with Gasteiger partial charge in [0.05, 0.1) is 17.3 Å². The predicted octanol–water partition coefficient (Wildman–Crippen LogP) is 1.10. The summed E-state index contributed by atoms with van der Waals surface area (Å²) in [6.07, 6.45) is 4.02. The Labute approximate surface area is 117 Å². The third-order valence-electron chi connectivity index (χ3n) is 3.93. The zero-order valence-electron chi connectivity index (χ0n) is 11.1. The second-order valence-electron chi connectivity index (χ2n) is 5.37. The first-order valence-corrected chi connectivity index (χ1v) is 7.31. The van der Waals surface area contributed by atoms with E-state index in [0.717, 1.165) is 26.2 Å². The van der Waals surface area contributed by atoms with E-state index in [9.17, 15) is 4.79 Å². The average Bonchev–Trinajstić information content (AvgIpc) is 3.13. The van der Waals surface area contributed by atoms with Gasteiger partial charge in [-0.05, 0) is 25.7 Å². The van der Waals surface area contributed by atoms with Crippen molar-refractivity contribution in [2.45, 2.75) is 32.4 Å². The summed E-state index contributed by atoms with van der Waals surface area (Å²) in [6, 6.07) is 0.368. The normalized spacial score (nSPS) is 19.3. The number of anilines is 1. The van der Waals surface area contributed by atoms with Crippen molar-refractivity contribution in [3.63, 3.8) is 0 Å². The highest BCUT2D eigenvalue weighted by molar-refractivity contribution is 6.33. The molecule has 2 aliphatic rings. The quantitative estimate of drug-likeness (QED) is 0.879. The van der Waals surface area contributed by atoms with Crippen LogP contribution in [0.1, 0.15) is 19.8 Å². The maximum absolute atomic E-state index is 12.6. The number of halogens is 1. The van der Waals surface area contributed by atoms with Crippen molar-refractivity contribution in [3.05, 3.63) is 21.6 Å². The summed E-state index contributed by atoms with van der Waals surface area (Å²) in [5.74, 6) is 0.625. The van der Waals surface area contributed by atoms with E-state index >= 15 is 0 Å². The van der Waals surface area contributed by atoms with Gasteiger partial charge in [-0.25, -0.2) is 4.68 Å². The average molecular weight is 283 g/mol. The van der Waals surface area contributed by atoms with Crippen molar-refractivity contribution in [1.29, 1.82) is 0 Å². The van der Waals surface area contributed by atoms with Gasteiger partial charge in [0, 0.05) is 26.2 Å². The van der Waals surface area contributed by atoms with E-state index < -0.39 is 0 Å². The molecule has 1 aliphatic heterocycles. The summed E-state index contributed by atoms with van der Waals surface area (Å²) in [6.45, 7) is 5.39. The fraction of sp³-hybridized carbons (Fsp3) is 0.692.